The molecule has 0 aliphatic heterocycles. The summed E-state index contributed by atoms with van der Waals surface area (Å²) in [5, 5.41) is 6.84. The first-order valence-electron chi connectivity index (χ1n) is 7.79. The molecule has 0 aliphatic rings. The molecule has 128 valence electrons. The minimum Gasteiger partial charge on any atom is -0.319 e. The Balaban J connectivity index is 1.70. The Morgan fingerprint density at radius 1 is 0.923 bits per heavy atom. The van der Waals surface area contributed by atoms with Crippen molar-refractivity contribution in [3.05, 3.63) is 84.2 Å². The van der Waals surface area contributed by atoms with Gasteiger partial charge in [0.15, 0.2) is 5.65 Å². The molecule has 7 heteroatoms. The fraction of sp³-hybridized carbons (Fsp3) is 0. The van der Waals surface area contributed by atoms with Gasteiger partial charge in [-0.25, -0.2) is 18.3 Å². The van der Waals surface area contributed by atoms with Gasteiger partial charge >= 0.3 is 0 Å². The molecule has 0 radical (unpaired) electrons. The van der Waals surface area contributed by atoms with Gasteiger partial charge in [-0.15, -0.1) is 5.10 Å². The molecule has 0 spiro atoms. The first kappa shape index (κ1) is 15.9. The summed E-state index contributed by atoms with van der Waals surface area (Å²) < 4.78 is 28.0. The Labute approximate surface area is 146 Å². The monoisotopic (exact) mass is 350 g/mol. The van der Waals surface area contributed by atoms with E-state index in [9.17, 15) is 13.6 Å². The smallest absolute Gasteiger partial charge is 0.295 e. The van der Waals surface area contributed by atoms with Gasteiger partial charge in [0.05, 0.1) is 5.69 Å². The van der Waals surface area contributed by atoms with Crippen molar-refractivity contribution in [2.45, 2.75) is 0 Å². The number of pyridine rings is 1. The number of benzene rings is 2. The van der Waals surface area contributed by atoms with Gasteiger partial charge in [-0.2, -0.15) is 0 Å². The van der Waals surface area contributed by atoms with Crippen molar-refractivity contribution in [1.82, 2.24) is 14.6 Å². The van der Waals surface area contributed by atoms with Crippen molar-refractivity contribution in [2.75, 3.05) is 5.32 Å². The van der Waals surface area contributed by atoms with Crippen molar-refractivity contribution < 1.29 is 13.6 Å². The van der Waals surface area contributed by atoms with E-state index in [0.29, 0.717) is 22.6 Å². The van der Waals surface area contributed by atoms with Gasteiger partial charge in [0.2, 0.25) is 5.82 Å². The molecule has 0 unspecified atom stereocenters. The van der Waals surface area contributed by atoms with Crippen LogP contribution in [-0.2, 0) is 0 Å². The zero-order valence-corrected chi connectivity index (χ0v) is 13.4. The van der Waals surface area contributed by atoms with E-state index in [2.05, 4.69) is 15.4 Å². The third-order valence-electron chi connectivity index (χ3n) is 3.79. The summed E-state index contributed by atoms with van der Waals surface area (Å²) in [5.74, 6) is -1.33. The first-order chi connectivity index (χ1) is 12.6. The van der Waals surface area contributed by atoms with Crippen LogP contribution < -0.4 is 5.32 Å². The number of anilines is 1. The molecule has 26 heavy (non-hydrogen) atoms. The number of rotatable bonds is 3. The van der Waals surface area contributed by atoms with Gasteiger partial charge < -0.3 is 5.32 Å². The number of halogens is 2. The lowest BCUT2D eigenvalue weighted by molar-refractivity contribution is 0.101. The molecular formula is C19H12F2N4O. The van der Waals surface area contributed by atoms with Crippen LogP contribution >= 0.6 is 0 Å². The first-order valence-corrected chi connectivity index (χ1v) is 7.79. The van der Waals surface area contributed by atoms with Gasteiger partial charge in [-0.3, -0.25) is 4.79 Å². The van der Waals surface area contributed by atoms with E-state index < -0.39 is 11.7 Å². The van der Waals surface area contributed by atoms with Crippen molar-refractivity contribution >= 4 is 17.2 Å². The maximum Gasteiger partial charge on any atom is 0.295 e. The predicted octanol–water partition coefficient (Wildman–Crippen LogP) is 3.93. The minimum atomic E-state index is -0.523. The van der Waals surface area contributed by atoms with Crippen LogP contribution in [0.25, 0.3) is 16.9 Å². The Morgan fingerprint density at radius 2 is 1.69 bits per heavy atom. The summed E-state index contributed by atoms with van der Waals surface area (Å²) in [5.41, 5.74) is 2.11. The van der Waals surface area contributed by atoms with Crippen molar-refractivity contribution in [1.29, 1.82) is 0 Å². The van der Waals surface area contributed by atoms with Crippen LogP contribution in [0.1, 0.15) is 10.6 Å². The zero-order valence-electron chi connectivity index (χ0n) is 13.4. The van der Waals surface area contributed by atoms with E-state index in [4.69, 9.17) is 0 Å². The molecular weight excluding hydrogens is 338 g/mol. The number of amides is 1. The van der Waals surface area contributed by atoms with Crippen LogP contribution in [0.3, 0.4) is 0 Å². The standard InChI is InChI=1S/C19H12F2N4O/c20-13-7-9-15(10-8-13)22-19(26)18-23-17-6-2-5-16(25(17)24-18)12-3-1-4-14(21)11-12/h1-11H,(H,22,26). The highest BCUT2D eigenvalue weighted by atomic mass is 19.1. The Hall–Kier alpha value is -3.61. The molecule has 4 aromatic rings. The highest BCUT2D eigenvalue weighted by Gasteiger charge is 2.15. The Morgan fingerprint density at radius 3 is 2.46 bits per heavy atom. The van der Waals surface area contributed by atoms with Gasteiger partial charge in [-0.05, 0) is 48.5 Å². The molecule has 2 aromatic carbocycles. The van der Waals surface area contributed by atoms with Crippen molar-refractivity contribution in [3.8, 4) is 11.3 Å². The van der Waals surface area contributed by atoms with Crippen molar-refractivity contribution in [3.63, 3.8) is 0 Å². The van der Waals surface area contributed by atoms with Crippen LogP contribution in [0, 0.1) is 11.6 Å². The van der Waals surface area contributed by atoms with E-state index in [1.54, 1.807) is 30.3 Å². The second kappa shape index (κ2) is 6.36. The second-order valence-corrected chi connectivity index (χ2v) is 5.59. The number of nitrogens with one attached hydrogen (secondary N) is 1. The minimum absolute atomic E-state index is 0.0434. The number of fused-ring (bicyclic) bond motifs is 1. The van der Waals surface area contributed by atoms with Crippen molar-refractivity contribution in [2.24, 2.45) is 0 Å². The van der Waals surface area contributed by atoms with Gasteiger partial charge in [0.1, 0.15) is 11.6 Å². The molecule has 1 N–H and O–H groups in total. The van der Waals surface area contributed by atoms with Gasteiger partial charge in [-0.1, -0.05) is 18.2 Å². The lowest BCUT2D eigenvalue weighted by Crippen LogP contribution is -2.14. The van der Waals surface area contributed by atoms with Gasteiger partial charge in [0, 0.05) is 11.3 Å². The fourth-order valence-electron chi connectivity index (χ4n) is 2.59. The highest BCUT2D eigenvalue weighted by Crippen LogP contribution is 2.21. The molecule has 0 bridgehead atoms. The van der Waals surface area contributed by atoms with E-state index in [1.165, 1.54) is 40.9 Å². The third kappa shape index (κ3) is 3.02. The summed E-state index contributed by atoms with van der Waals surface area (Å²) in [4.78, 5) is 16.6. The van der Waals surface area contributed by atoms with Crippen LogP contribution in [-0.4, -0.2) is 20.5 Å². The molecule has 4 rings (SSSR count). The van der Waals surface area contributed by atoms with Crippen LogP contribution in [0.15, 0.2) is 66.7 Å². The molecule has 1 amide bonds. The molecule has 2 heterocycles. The molecule has 2 aromatic heterocycles. The number of hydrogen-bond donors (Lipinski definition) is 1. The molecule has 0 atom stereocenters. The molecule has 0 saturated heterocycles. The summed E-state index contributed by atoms with van der Waals surface area (Å²) in [6.45, 7) is 0. The molecule has 0 fully saturated rings. The van der Waals surface area contributed by atoms with Crippen LogP contribution in [0.4, 0.5) is 14.5 Å². The lowest BCUT2D eigenvalue weighted by Gasteiger charge is -2.04. The number of carbonyl (C=O) groups is 1. The van der Waals surface area contributed by atoms with Crippen LogP contribution in [0.2, 0.25) is 0 Å². The number of carbonyl (C=O) groups excluding carboxylic acids is 1. The summed E-state index contributed by atoms with van der Waals surface area (Å²) in [6.07, 6.45) is 0. The average molecular weight is 350 g/mol. The fourth-order valence-corrected chi connectivity index (χ4v) is 2.59. The van der Waals surface area contributed by atoms with E-state index in [0.717, 1.165) is 0 Å². The lowest BCUT2D eigenvalue weighted by atomic mass is 10.1. The molecule has 0 saturated carbocycles. The zero-order chi connectivity index (χ0) is 18.1. The predicted molar refractivity (Wildman–Crippen MR) is 92.7 cm³/mol. The number of hydrogen-bond acceptors (Lipinski definition) is 3. The normalized spacial score (nSPS) is 10.8. The molecule has 0 aliphatic carbocycles. The average Bonchev–Trinajstić information content (AvgIpc) is 3.08. The molecule has 5 nitrogen and oxygen atoms in total. The summed E-state index contributed by atoms with van der Waals surface area (Å²) >= 11 is 0. The topological polar surface area (TPSA) is 59.3 Å². The largest absolute Gasteiger partial charge is 0.319 e. The van der Waals surface area contributed by atoms with E-state index in [-0.39, 0.29) is 11.6 Å². The van der Waals surface area contributed by atoms with Crippen LogP contribution in [0.5, 0.6) is 0 Å². The maximum atomic E-state index is 13.5. The van der Waals surface area contributed by atoms with Gasteiger partial charge in [0.25, 0.3) is 5.91 Å². The Bertz CT molecular complexity index is 1110. The SMILES string of the molecule is O=C(Nc1ccc(F)cc1)c1nc2cccc(-c3cccc(F)c3)n2n1. The maximum absolute atomic E-state index is 13.5. The summed E-state index contributed by atoms with van der Waals surface area (Å²) in [6, 6.07) is 16.7. The summed E-state index contributed by atoms with van der Waals surface area (Å²) in [7, 11) is 0. The number of nitrogens with zero attached hydrogens (tertiary/aromatic N) is 3. The highest BCUT2D eigenvalue weighted by molar-refractivity contribution is 6.01. The van der Waals surface area contributed by atoms with E-state index in [1.807, 2.05) is 0 Å². The number of aromatic nitrogens is 3. The van der Waals surface area contributed by atoms with E-state index >= 15 is 0 Å². The second-order valence-electron chi connectivity index (χ2n) is 5.59. The quantitative estimate of drug-likeness (QED) is 0.609. The Kier molecular flexibility index (Phi) is 3.89. The third-order valence-corrected chi connectivity index (χ3v) is 3.79.